The quantitative estimate of drug-likeness (QED) is 0.520. The van der Waals surface area contributed by atoms with E-state index in [1.54, 1.807) is 30.1 Å². The van der Waals surface area contributed by atoms with Crippen molar-refractivity contribution in [3.63, 3.8) is 0 Å². The molecule has 1 N–H and O–H groups in total. The summed E-state index contributed by atoms with van der Waals surface area (Å²) in [7, 11) is 1.74. The molecule has 0 fully saturated rings. The van der Waals surface area contributed by atoms with Gasteiger partial charge in [-0.15, -0.1) is 0 Å². The molecule has 0 radical (unpaired) electrons. The maximum absolute atomic E-state index is 13.0. The van der Waals surface area contributed by atoms with E-state index in [2.05, 4.69) is 4.99 Å². The van der Waals surface area contributed by atoms with Crippen LogP contribution in [0.3, 0.4) is 0 Å². The molecule has 130 valence electrons. The maximum atomic E-state index is 13.0. The number of rotatable bonds is 3. The van der Waals surface area contributed by atoms with Crippen molar-refractivity contribution in [1.82, 2.24) is 4.90 Å². The highest BCUT2D eigenvalue weighted by Crippen LogP contribution is 2.28. The molecule has 1 unspecified atom stereocenters. The molecule has 2 aromatic rings. The predicted octanol–water partition coefficient (Wildman–Crippen LogP) is 3.39. The summed E-state index contributed by atoms with van der Waals surface area (Å²) in [5, 5.41) is 23.6. The van der Waals surface area contributed by atoms with Crippen molar-refractivity contribution >= 4 is 28.8 Å². The van der Waals surface area contributed by atoms with Gasteiger partial charge in [-0.3, -0.25) is 0 Å². The summed E-state index contributed by atoms with van der Waals surface area (Å²) in [6, 6.07) is 14.8. The molecule has 0 aliphatic carbocycles. The number of aliphatic imine (C=N–C) groups is 1. The Balaban J connectivity index is 2.19. The van der Waals surface area contributed by atoms with Gasteiger partial charge in [0.25, 0.3) is 0 Å². The Hall–Kier alpha value is -2.37. The minimum Gasteiger partial charge on any atom is -0.623 e. The van der Waals surface area contributed by atoms with Crippen molar-refractivity contribution < 1.29 is 9.85 Å². The van der Waals surface area contributed by atoms with Crippen LogP contribution in [0.5, 0.6) is 0 Å². The zero-order valence-corrected chi connectivity index (χ0v) is 14.9. The summed E-state index contributed by atoms with van der Waals surface area (Å²) in [5.41, 5.74) is 2.67. The fraction of sp³-hybridized carbons (Fsp3) is 0.263. The molecule has 1 atom stereocenters. The predicted molar refractivity (Wildman–Crippen MR) is 101 cm³/mol. The number of benzene rings is 2. The number of aliphatic hydroxyl groups is 1. The van der Waals surface area contributed by atoms with Crippen LogP contribution in [0, 0.1) is 5.21 Å². The first kappa shape index (κ1) is 17.5. The fourth-order valence-corrected chi connectivity index (χ4v) is 3.02. The first-order valence-corrected chi connectivity index (χ1v) is 8.54. The molecule has 0 spiro atoms. The number of hydrogen-bond acceptors (Lipinski definition) is 4. The van der Waals surface area contributed by atoms with Crippen molar-refractivity contribution in [2.75, 3.05) is 13.6 Å². The number of hydroxylamine groups is 1. The average molecular weight is 358 g/mol. The summed E-state index contributed by atoms with van der Waals surface area (Å²) >= 11 is 6.17. The summed E-state index contributed by atoms with van der Waals surface area (Å²) in [4.78, 5) is 6.27. The van der Waals surface area contributed by atoms with E-state index in [9.17, 15) is 10.3 Å². The van der Waals surface area contributed by atoms with Crippen molar-refractivity contribution in [2.45, 2.75) is 19.6 Å². The minimum absolute atomic E-state index is 0.0457. The molecule has 0 amide bonds. The van der Waals surface area contributed by atoms with Crippen LogP contribution in [0.1, 0.15) is 24.5 Å². The summed E-state index contributed by atoms with van der Waals surface area (Å²) in [6.07, 6.45) is -0.155. The Morgan fingerprint density at radius 2 is 2.00 bits per heavy atom. The highest BCUT2D eigenvalue weighted by Gasteiger charge is 2.27. The third-order valence-corrected chi connectivity index (χ3v) is 4.50. The van der Waals surface area contributed by atoms with Crippen LogP contribution in [0.25, 0.3) is 0 Å². The molecule has 1 aliphatic heterocycles. The molecule has 3 rings (SSSR count). The lowest BCUT2D eigenvalue weighted by atomic mass is 10.0. The van der Waals surface area contributed by atoms with Crippen LogP contribution in [-0.4, -0.2) is 46.1 Å². The molecule has 2 aromatic carbocycles. The van der Waals surface area contributed by atoms with Crippen LogP contribution in [-0.2, 0) is 0 Å². The van der Waals surface area contributed by atoms with Gasteiger partial charge >= 0.3 is 0 Å². The van der Waals surface area contributed by atoms with Gasteiger partial charge in [0.1, 0.15) is 6.23 Å². The number of fused-ring (bicyclic) bond motifs is 1. The molecular weight excluding hydrogens is 338 g/mol. The Bertz CT molecular complexity index is 834. The van der Waals surface area contributed by atoms with Gasteiger partial charge in [-0.25, -0.2) is 4.99 Å². The van der Waals surface area contributed by atoms with Gasteiger partial charge in [0, 0.05) is 17.6 Å². The summed E-state index contributed by atoms with van der Waals surface area (Å²) < 4.78 is 0.912. The lowest BCUT2D eigenvalue weighted by Gasteiger charge is -2.24. The zero-order chi connectivity index (χ0) is 18.0. The van der Waals surface area contributed by atoms with Crippen LogP contribution in [0.2, 0.25) is 5.02 Å². The monoisotopic (exact) mass is 357 g/mol. The SMILES string of the molecule is CCC(O)N(C)C1=Nc2ccc(Cl)cc2C(c2ccccc2)=[N+]([O-])C1. The van der Waals surface area contributed by atoms with Crippen molar-refractivity contribution in [3.05, 3.63) is 69.9 Å². The molecular formula is C19H20ClN3O2. The second-order valence-corrected chi connectivity index (χ2v) is 6.38. The molecule has 25 heavy (non-hydrogen) atoms. The lowest BCUT2D eigenvalue weighted by Crippen LogP contribution is -2.40. The maximum Gasteiger partial charge on any atom is 0.228 e. The van der Waals surface area contributed by atoms with E-state index in [-0.39, 0.29) is 6.54 Å². The smallest absolute Gasteiger partial charge is 0.228 e. The van der Waals surface area contributed by atoms with Crippen molar-refractivity contribution in [1.29, 1.82) is 0 Å². The number of amidine groups is 1. The van der Waals surface area contributed by atoms with Gasteiger partial charge in [-0.2, -0.15) is 4.74 Å². The van der Waals surface area contributed by atoms with Gasteiger partial charge in [0.2, 0.25) is 12.3 Å². The largest absolute Gasteiger partial charge is 0.623 e. The number of aliphatic hydroxyl groups excluding tert-OH is 1. The minimum atomic E-state index is -0.693. The van der Waals surface area contributed by atoms with Crippen LogP contribution in [0.4, 0.5) is 5.69 Å². The van der Waals surface area contributed by atoms with Gasteiger partial charge in [0.05, 0.1) is 11.3 Å². The second kappa shape index (κ2) is 7.25. The molecule has 0 saturated heterocycles. The number of likely N-dealkylation sites (N-methyl/N-ethyl adjacent to an activating group) is 1. The summed E-state index contributed by atoms with van der Waals surface area (Å²) in [6.45, 7) is 1.92. The number of halogens is 1. The normalized spacial score (nSPS) is 15.3. The van der Waals surface area contributed by atoms with E-state index in [0.29, 0.717) is 34.2 Å². The van der Waals surface area contributed by atoms with E-state index >= 15 is 0 Å². The first-order valence-electron chi connectivity index (χ1n) is 8.16. The zero-order valence-electron chi connectivity index (χ0n) is 14.2. The second-order valence-electron chi connectivity index (χ2n) is 5.94. The topological polar surface area (TPSA) is 61.9 Å². The lowest BCUT2D eigenvalue weighted by molar-refractivity contribution is -0.440. The molecule has 0 aromatic heterocycles. The highest BCUT2D eigenvalue weighted by atomic mass is 35.5. The van der Waals surface area contributed by atoms with Crippen molar-refractivity contribution in [3.8, 4) is 0 Å². The van der Waals surface area contributed by atoms with E-state index in [0.717, 1.165) is 10.3 Å². The van der Waals surface area contributed by atoms with Crippen LogP contribution in [0.15, 0.2) is 53.5 Å². The van der Waals surface area contributed by atoms with Crippen LogP contribution >= 0.6 is 11.6 Å². The molecule has 0 bridgehead atoms. The summed E-state index contributed by atoms with van der Waals surface area (Å²) in [5.74, 6) is 0.513. The molecule has 6 heteroatoms. The van der Waals surface area contributed by atoms with E-state index in [1.807, 2.05) is 37.3 Å². The fourth-order valence-electron chi connectivity index (χ4n) is 2.84. The average Bonchev–Trinajstić information content (AvgIpc) is 2.76. The van der Waals surface area contributed by atoms with Gasteiger partial charge in [-0.1, -0.05) is 36.7 Å². The van der Waals surface area contributed by atoms with E-state index < -0.39 is 6.23 Å². The van der Waals surface area contributed by atoms with Gasteiger partial charge < -0.3 is 15.2 Å². The third kappa shape index (κ3) is 3.52. The molecule has 0 saturated carbocycles. The highest BCUT2D eigenvalue weighted by molar-refractivity contribution is 6.31. The number of hydrogen-bond donors (Lipinski definition) is 1. The van der Waals surface area contributed by atoms with Gasteiger partial charge in [0.15, 0.2) is 5.84 Å². The Morgan fingerprint density at radius 3 is 2.68 bits per heavy atom. The molecule has 1 heterocycles. The first-order chi connectivity index (χ1) is 12.0. The Labute approximate surface area is 152 Å². The van der Waals surface area contributed by atoms with Crippen LogP contribution < -0.4 is 0 Å². The Morgan fingerprint density at radius 1 is 1.28 bits per heavy atom. The van der Waals surface area contributed by atoms with E-state index in [4.69, 9.17) is 11.6 Å². The Kier molecular flexibility index (Phi) is 5.06. The van der Waals surface area contributed by atoms with E-state index in [1.165, 1.54) is 0 Å². The van der Waals surface area contributed by atoms with Gasteiger partial charge in [-0.05, 0) is 36.8 Å². The standard InChI is InChI=1S/C19H20ClN3O2/c1-3-18(24)22(2)17-12-23(25)19(13-7-5-4-6-8-13)15-11-14(20)9-10-16(15)21-17/h4-11,18,24H,3,12H2,1-2H3. The molecule has 1 aliphatic rings. The van der Waals surface area contributed by atoms with Crippen molar-refractivity contribution in [2.24, 2.45) is 4.99 Å². The number of nitrogens with zero attached hydrogens (tertiary/aromatic N) is 3. The third-order valence-electron chi connectivity index (χ3n) is 4.26. The molecule has 5 nitrogen and oxygen atoms in total.